The molecule has 5 aromatic rings. The molecular formula is C29H21N5OS. The van der Waals surface area contributed by atoms with Crippen molar-refractivity contribution in [3.8, 4) is 39.0 Å². The monoisotopic (exact) mass is 487 g/mol. The molecule has 3 aromatic carbocycles. The minimum absolute atomic E-state index is 0.331. The van der Waals surface area contributed by atoms with Gasteiger partial charge in [0.25, 0.3) is 5.56 Å². The van der Waals surface area contributed by atoms with Crippen molar-refractivity contribution in [2.24, 2.45) is 5.92 Å². The van der Waals surface area contributed by atoms with Crippen LogP contribution in [0.3, 0.4) is 0 Å². The number of aromatic amines is 1. The second-order valence-corrected chi connectivity index (χ2v) is 9.41. The molecule has 36 heavy (non-hydrogen) atoms. The molecule has 174 valence electrons. The molecule has 7 heteroatoms. The molecule has 0 aliphatic heterocycles. The second-order valence-electron chi connectivity index (χ2n) is 8.40. The van der Waals surface area contributed by atoms with Gasteiger partial charge in [-0.3, -0.25) is 9.89 Å². The molecule has 0 spiro atoms. The molecule has 0 bridgehead atoms. The summed E-state index contributed by atoms with van der Waals surface area (Å²) in [5.41, 5.74) is 4.30. The van der Waals surface area contributed by atoms with Crippen molar-refractivity contribution >= 4 is 11.3 Å². The number of aromatic nitrogens is 3. The molecule has 0 aliphatic carbocycles. The van der Waals surface area contributed by atoms with E-state index in [1.54, 1.807) is 6.20 Å². The molecule has 1 N–H and O–H groups in total. The number of thiazole rings is 1. The maximum absolute atomic E-state index is 14.0. The smallest absolute Gasteiger partial charge is 0.277 e. The number of aryl methyl sites for hydroxylation is 1. The largest absolute Gasteiger partial charge is 0.288 e. The van der Waals surface area contributed by atoms with Crippen LogP contribution >= 0.6 is 11.3 Å². The lowest BCUT2D eigenvalue weighted by molar-refractivity contribution is 0.703. The van der Waals surface area contributed by atoms with Gasteiger partial charge in [-0.2, -0.15) is 15.2 Å². The van der Waals surface area contributed by atoms with Gasteiger partial charge in [0.1, 0.15) is 5.92 Å². The van der Waals surface area contributed by atoms with Gasteiger partial charge in [0, 0.05) is 12.1 Å². The van der Waals surface area contributed by atoms with Crippen molar-refractivity contribution in [3.63, 3.8) is 0 Å². The van der Waals surface area contributed by atoms with Crippen LogP contribution in [0.2, 0.25) is 0 Å². The molecule has 1 atom stereocenters. The Morgan fingerprint density at radius 3 is 2.17 bits per heavy atom. The SMILES string of the molecule is Cc1ccc(-c2cnc(-n3[nH]c(-c4ccccc4)c(C(c4ccccc4)C(C#N)C#N)c3=O)s2)cc1. The highest BCUT2D eigenvalue weighted by molar-refractivity contribution is 7.17. The van der Waals surface area contributed by atoms with Crippen LogP contribution in [0.4, 0.5) is 0 Å². The Balaban J connectivity index is 1.72. The van der Waals surface area contributed by atoms with Gasteiger partial charge in [-0.05, 0) is 23.6 Å². The van der Waals surface area contributed by atoms with Gasteiger partial charge in [0.05, 0.1) is 28.3 Å². The van der Waals surface area contributed by atoms with Crippen LogP contribution in [0.1, 0.15) is 22.6 Å². The van der Waals surface area contributed by atoms with Gasteiger partial charge >= 0.3 is 0 Å². The van der Waals surface area contributed by atoms with Crippen molar-refractivity contribution in [2.75, 3.05) is 0 Å². The maximum atomic E-state index is 14.0. The first-order valence-corrected chi connectivity index (χ1v) is 12.2. The highest BCUT2D eigenvalue weighted by atomic mass is 32.1. The lowest BCUT2D eigenvalue weighted by Crippen LogP contribution is -2.23. The molecule has 2 heterocycles. The van der Waals surface area contributed by atoms with Crippen molar-refractivity contribution in [3.05, 3.63) is 118 Å². The lowest BCUT2D eigenvalue weighted by atomic mass is 9.81. The van der Waals surface area contributed by atoms with Crippen molar-refractivity contribution in [2.45, 2.75) is 12.8 Å². The van der Waals surface area contributed by atoms with Crippen LogP contribution in [0.25, 0.3) is 26.8 Å². The molecule has 0 radical (unpaired) electrons. The van der Waals surface area contributed by atoms with E-state index in [1.807, 2.05) is 91.9 Å². The molecule has 0 amide bonds. The summed E-state index contributed by atoms with van der Waals surface area (Å²) < 4.78 is 1.42. The average molecular weight is 488 g/mol. The van der Waals surface area contributed by atoms with E-state index in [2.05, 4.69) is 22.2 Å². The molecule has 1 unspecified atom stereocenters. The van der Waals surface area contributed by atoms with E-state index in [4.69, 9.17) is 0 Å². The third-order valence-electron chi connectivity index (χ3n) is 6.09. The summed E-state index contributed by atoms with van der Waals surface area (Å²) in [4.78, 5) is 19.4. The van der Waals surface area contributed by atoms with Crippen molar-refractivity contribution in [1.29, 1.82) is 10.5 Å². The Hall–Kier alpha value is -4.72. The molecule has 6 nitrogen and oxygen atoms in total. The number of benzene rings is 3. The van der Waals surface area contributed by atoms with Gasteiger partial charge in [-0.15, -0.1) is 0 Å². The number of nitrogens with zero attached hydrogens (tertiary/aromatic N) is 4. The average Bonchev–Trinajstić information content (AvgIpc) is 3.53. The quantitative estimate of drug-likeness (QED) is 0.315. The third-order valence-corrected chi connectivity index (χ3v) is 7.12. The Labute approximate surface area is 212 Å². The van der Waals surface area contributed by atoms with E-state index >= 15 is 0 Å². The molecule has 2 aromatic heterocycles. The summed E-state index contributed by atoms with van der Waals surface area (Å²) in [6.07, 6.45) is 1.75. The number of H-pyrrole nitrogens is 1. The Morgan fingerprint density at radius 1 is 0.889 bits per heavy atom. The Morgan fingerprint density at radius 2 is 1.53 bits per heavy atom. The maximum Gasteiger partial charge on any atom is 0.277 e. The fraction of sp³-hybridized carbons (Fsp3) is 0.103. The minimum Gasteiger partial charge on any atom is -0.288 e. The summed E-state index contributed by atoms with van der Waals surface area (Å²) in [7, 11) is 0. The highest BCUT2D eigenvalue weighted by Crippen LogP contribution is 2.36. The van der Waals surface area contributed by atoms with E-state index in [0.29, 0.717) is 16.4 Å². The number of hydrogen-bond acceptors (Lipinski definition) is 5. The van der Waals surface area contributed by atoms with E-state index in [-0.39, 0.29) is 5.56 Å². The molecule has 0 saturated heterocycles. The molecule has 0 aliphatic rings. The third kappa shape index (κ3) is 4.24. The summed E-state index contributed by atoms with van der Waals surface area (Å²) in [6, 6.07) is 31.0. The topological polar surface area (TPSA) is 98.3 Å². The number of hydrogen-bond donors (Lipinski definition) is 1. The van der Waals surface area contributed by atoms with Crippen LogP contribution in [0.5, 0.6) is 0 Å². The van der Waals surface area contributed by atoms with Crippen LogP contribution in [0, 0.1) is 35.5 Å². The van der Waals surface area contributed by atoms with Gasteiger partial charge in [-0.25, -0.2) is 4.98 Å². The van der Waals surface area contributed by atoms with Gasteiger partial charge in [0.15, 0.2) is 0 Å². The highest BCUT2D eigenvalue weighted by Gasteiger charge is 2.33. The van der Waals surface area contributed by atoms with E-state index < -0.39 is 11.8 Å². The van der Waals surface area contributed by atoms with E-state index in [0.717, 1.165) is 27.1 Å². The fourth-order valence-corrected chi connectivity index (χ4v) is 5.16. The predicted octanol–water partition coefficient (Wildman–Crippen LogP) is 6.06. The van der Waals surface area contributed by atoms with E-state index in [9.17, 15) is 15.3 Å². The molecule has 5 rings (SSSR count). The minimum atomic E-state index is -1.05. The first-order valence-electron chi connectivity index (χ1n) is 11.4. The van der Waals surface area contributed by atoms with Crippen molar-refractivity contribution < 1.29 is 0 Å². The van der Waals surface area contributed by atoms with Crippen LogP contribution < -0.4 is 5.56 Å². The first kappa shape index (κ1) is 23.0. The zero-order valence-electron chi connectivity index (χ0n) is 19.4. The Kier molecular flexibility index (Phi) is 6.32. The first-order chi connectivity index (χ1) is 17.6. The number of nitriles is 2. The summed E-state index contributed by atoms with van der Waals surface area (Å²) in [5, 5.41) is 23.4. The van der Waals surface area contributed by atoms with Crippen LogP contribution in [-0.4, -0.2) is 14.8 Å². The summed E-state index contributed by atoms with van der Waals surface area (Å²) in [5.74, 6) is -1.79. The predicted molar refractivity (Wildman–Crippen MR) is 141 cm³/mol. The number of rotatable bonds is 6. The zero-order valence-corrected chi connectivity index (χ0v) is 20.2. The molecule has 0 fully saturated rings. The fourth-order valence-electron chi connectivity index (χ4n) is 4.28. The van der Waals surface area contributed by atoms with Crippen molar-refractivity contribution in [1.82, 2.24) is 14.8 Å². The van der Waals surface area contributed by atoms with Crippen LogP contribution in [0.15, 0.2) is 95.9 Å². The Bertz CT molecular complexity index is 1620. The number of nitrogens with one attached hydrogen (secondary N) is 1. The van der Waals surface area contributed by atoms with Gasteiger partial charge in [0.2, 0.25) is 5.13 Å². The van der Waals surface area contributed by atoms with Gasteiger partial charge in [-0.1, -0.05) is 102 Å². The zero-order chi connectivity index (χ0) is 25.1. The molecule has 0 saturated carbocycles. The van der Waals surface area contributed by atoms with E-state index in [1.165, 1.54) is 16.0 Å². The summed E-state index contributed by atoms with van der Waals surface area (Å²) >= 11 is 1.39. The lowest BCUT2D eigenvalue weighted by Gasteiger charge is -2.17. The standard InChI is InChI=1S/C29H21N5OS/c1-19-12-14-20(15-13-19)24-18-32-29(36-24)34-28(35)26(27(33-34)22-10-6-3-7-11-22)25(23(16-30)17-31)21-8-4-2-5-9-21/h2-15,18,23,25,33H,1H3. The molecular weight excluding hydrogens is 466 g/mol. The van der Waals surface area contributed by atoms with Crippen LogP contribution in [-0.2, 0) is 0 Å². The van der Waals surface area contributed by atoms with Gasteiger partial charge < -0.3 is 0 Å². The second kappa shape index (κ2) is 9.87. The summed E-state index contributed by atoms with van der Waals surface area (Å²) in [6.45, 7) is 2.03. The normalized spacial score (nSPS) is 11.7.